The van der Waals surface area contributed by atoms with Crippen LogP contribution in [0.1, 0.15) is 0 Å². The lowest BCUT2D eigenvalue weighted by Crippen LogP contribution is -2.60. The maximum atomic E-state index is 9.86. The minimum atomic E-state index is -1.47. The van der Waals surface area contributed by atoms with Crippen LogP contribution in [0.25, 0.3) is 0 Å². The fourth-order valence-electron chi connectivity index (χ4n) is 2.01. The molecule has 1 aromatic rings. The van der Waals surface area contributed by atoms with Gasteiger partial charge in [0.1, 0.15) is 24.4 Å². The molecule has 1 aromatic carbocycles. The van der Waals surface area contributed by atoms with Gasteiger partial charge in [0.25, 0.3) is 0 Å². The first-order chi connectivity index (χ1) is 9.58. The Morgan fingerprint density at radius 1 is 1.05 bits per heavy atom. The van der Waals surface area contributed by atoms with E-state index in [0.29, 0.717) is 11.5 Å². The molecule has 1 aliphatic heterocycles. The molecule has 0 unspecified atom stereocenters. The summed E-state index contributed by atoms with van der Waals surface area (Å²) in [7, 11) is 1.47. The largest absolute Gasteiger partial charge is 0.493 e. The van der Waals surface area contributed by atoms with Crippen LogP contribution >= 0.6 is 0 Å². The van der Waals surface area contributed by atoms with Crippen molar-refractivity contribution < 1.29 is 34.6 Å². The average molecular weight is 286 g/mol. The third-order valence-electron chi connectivity index (χ3n) is 3.16. The molecule has 0 aliphatic carbocycles. The summed E-state index contributed by atoms with van der Waals surface area (Å²) in [5, 5.41) is 38.3. The summed E-state index contributed by atoms with van der Waals surface area (Å²) >= 11 is 0. The van der Waals surface area contributed by atoms with Gasteiger partial charge in [0, 0.05) is 0 Å². The molecule has 0 bridgehead atoms. The van der Waals surface area contributed by atoms with Crippen molar-refractivity contribution in [2.75, 3.05) is 13.7 Å². The standard InChI is InChI=1S/C13H18O7/c1-18-7-4-2-3-5-8(7)19-13-12(17)11(16)10(15)9(6-14)20-13/h2-5,9-17H,6H2,1H3/t9-,10-,11+,12-,13-/m0/s1. The molecule has 4 N–H and O–H groups in total. The zero-order valence-electron chi connectivity index (χ0n) is 10.9. The molecule has 1 saturated heterocycles. The van der Waals surface area contributed by atoms with Gasteiger partial charge in [-0.05, 0) is 12.1 Å². The van der Waals surface area contributed by atoms with Crippen molar-refractivity contribution >= 4 is 0 Å². The maximum absolute atomic E-state index is 9.86. The highest BCUT2D eigenvalue weighted by Gasteiger charge is 2.44. The second-order valence-electron chi connectivity index (χ2n) is 4.47. The van der Waals surface area contributed by atoms with Gasteiger partial charge in [-0.3, -0.25) is 0 Å². The van der Waals surface area contributed by atoms with Crippen LogP contribution in [0, 0.1) is 0 Å². The van der Waals surface area contributed by atoms with Gasteiger partial charge in [-0.1, -0.05) is 12.1 Å². The second kappa shape index (κ2) is 6.38. The Morgan fingerprint density at radius 2 is 1.70 bits per heavy atom. The lowest BCUT2D eigenvalue weighted by Gasteiger charge is -2.39. The Bertz CT molecular complexity index is 436. The normalized spacial score (nSPS) is 33.8. The summed E-state index contributed by atoms with van der Waals surface area (Å²) in [6.45, 7) is -0.503. The van der Waals surface area contributed by atoms with E-state index in [1.54, 1.807) is 24.3 Å². The minimum Gasteiger partial charge on any atom is -0.493 e. The molecule has 5 atom stereocenters. The van der Waals surface area contributed by atoms with Gasteiger partial charge in [-0.15, -0.1) is 0 Å². The molecular formula is C13H18O7. The predicted octanol–water partition coefficient (Wildman–Crippen LogP) is -1.13. The number of para-hydroxylation sites is 2. The highest BCUT2D eigenvalue weighted by atomic mass is 16.7. The Kier molecular flexibility index (Phi) is 4.79. The quantitative estimate of drug-likeness (QED) is 0.555. The second-order valence-corrected chi connectivity index (χ2v) is 4.47. The van der Waals surface area contributed by atoms with Crippen LogP contribution in [0.3, 0.4) is 0 Å². The average Bonchev–Trinajstić information content (AvgIpc) is 2.48. The van der Waals surface area contributed by atoms with Crippen LogP contribution in [-0.4, -0.2) is 64.8 Å². The molecule has 0 amide bonds. The van der Waals surface area contributed by atoms with E-state index in [9.17, 15) is 15.3 Å². The number of aliphatic hydroxyl groups excluding tert-OH is 4. The van der Waals surface area contributed by atoms with Gasteiger partial charge in [0.2, 0.25) is 6.29 Å². The first kappa shape index (κ1) is 15.0. The minimum absolute atomic E-state index is 0.319. The molecule has 20 heavy (non-hydrogen) atoms. The zero-order valence-corrected chi connectivity index (χ0v) is 10.9. The number of hydrogen-bond acceptors (Lipinski definition) is 7. The molecule has 7 nitrogen and oxygen atoms in total. The van der Waals surface area contributed by atoms with Crippen molar-refractivity contribution in [3.05, 3.63) is 24.3 Å². The van der Waals surface area contributed by atoms with Gasteiger partial charge < -0.3 is 34.6 Å². The lowest BCUT2D eigenvalue weighted by molar-refractivity contribution is -0.277. The van der Waals surface area contributed by atoms with E-state index >= 15 is 0 Å². The van der Waals surface area contributed by atoms with Crippen LogP contribution in [0.2, 0.25) is 0 Å². The first-order valence-corrected chi connectivity index (χ1v) is 6.18. The van der Waals surface area contributed by atoms with Gasteiger partial charge in [-0.25, -0.2) is 0 Å². The predicted molar refractivity (Wildman–Crippen MR) is 67.4 cm³/mol. The SMILES string of the molecule is COc1ccccc1O[C@H]1O[C@@H](CO)[C@H](O)[C@@H](O)[C@@H]1O. The summed E-state index contributed by atoms with van der Waals surface area (Å²) < 4.78 is 15.8. The zero-order chi connectivity index (χ0) is 14.7. The summed E-state index contributed by atoms with van der Waals surface area (Å²) in [6.07, 6.45) is -6.55. The first-order valence-electron chi connectivity index (χ1n) is 6.18. The third kappa shape index (κ3) is 2.87. The fourth-order valence-corrected chi connectivity index (χ4v) is 2.01. The molecule has 112 valence electrons. The Balaban J connectivity index is 2.15. The van der Waals surface area contributed by atoms with Crippen LogP contribution in [0.5, 0.6) is 11.5 Å². The van der Waals surface area contributed by atoms with E-state index in [4.69, 9.17) is 19.3 Å². The molecule has 0 radical (unpaired) electrons. The molecule has 1 fully saturated rings. The summed E-state index contributed by atoms with van der Waals surface area (Å²) in [6, 6.07) is 6.74. The fraction of sp³-hybridized carbons (Fsp3) is 0.538. The number of hydrogen-bond donors (Lipinski definition) is 4. The van der Waals surface area contributed by atoms with Crippen LogP contribution in [-0.2, 0) is 4.74 Å². The van der Waals surface area contributed by atoms with Crippen molar-refractivity contribution in [3.8, 4) is 11.5 Å². The lowest BCUT2D eigenvalue weighted by atomic mass is 9.99. The van der Waals surface area contributed by atoms with E-state index in [2.05, 4.69) is 0 Å². The van der Waals surface area contributed by atoms with Gasteiger partial charge >= 0.3 is 0 Å². The summed E-state index contributed by atoms with van der Waals surface area (Å²) in [4.78, 5) is 0. The summed E-state index contributed by atoms with van der Waals surface area (Å²) in [5.74, 6) is 0.754. The highest BCUT2D eigenvalue weighted by molar-refractivity contribution is 5.39. The van der Waals surface area contributed by atoms with Crippen molar-refractivity contribution in [1.29, 1.82) is 0 Å². The number of aliphatic hydroxyl groups is 4. The molecule has 7 heteroatoms. The molecular weight excluding hydrogens is 268 g/mol. The van der Waals surface area contributed by atoms with Crippen molar-refractivity contribution in [2.24, 2.45) is 0 Å². The number of methoxy groups -OCH3 is 1. The van der Waals surface area contributed by atoms with E-state index in [-0.39, 0.29) is 0 Å². The van der Waals surface area contributed by atoms with Crippen molar-refractivity contribution in [1.82, 2.24) is 0 Å². The molecule has 2 rings (SSSR count). The van der Waals surface area contributed by atoms with Crippen molar-refractivity contribution in [2.45, 2.75) is 30.7 Å². The van der Waals surface area contributed by atoms with Gasteiger partial charge in [0.05, 0.1) is 13.7 Å². The Morgan fingerprint density at radius 3 is 2.30 bits per heavy atom. The molecule has 0 spiro atoms. The van der Waals surface area contributed by atoms with E-state index < -0.39 is 37.3 Å². The molecule has 0 saturated carbocycles. The van der Waals surface area contributed by atoms with Gasteiger partial charge in [0.15, 0.2) is 11.5 Å². The molecule has 1 aliphatic rings. The maximum Gasteiger partial charge on any atom is 0.229 e. The van der Waals surface area contributed by atoms with Crippen LogP contribution in [0.4, 0.5) is 0 Å². The van der Waals surface area contributed by atoms with E-state index in [1.165, 1.54) is 7.11 Å². The Labute approximate surface area is 115 Å². The number of ether oxygens (including phenoxy) is 3. The Hall–Kier alpha value is -1.38. The molecule has 1 heterocycles. The number of rotatable bonds is 4. The van der Waals surface area contributed by atoms with Crippen LogP contribution < -0.4 is 9.47 Å². The monoisotopic (exact) mass is 286 g/mol. The van der Waals surface area contributed by atoms with Gasteiger partial charge in [-0.2, -0.15) is 0 Å². The van der Waals surface area contributed by atoms with E-state index in [1.807, 2.05) is 0 Å². The third-order valence-corrected chi connectivity index (χ3v) is 3.16. The number of benzene rings is 1. The molecule has 0 aromatic heterocycles. The highest BCUT2D eigenvalue weighted by Crippen LogP contribution is 2.30. The topological polar surface area (TPSA) is 109 Å². The van der Waals surface area contributed by atoms with E-state index in [0.717, 1.165) is 0 Å². The van der Waals surface area contributed by atoms with Crippen LogP contribution in [0.15, 0.2) is 24.3 Å². The summed E-state index contributed by atoms with van der Waals surface area (Å²) in [5.41, 5.74) is 0. The van der Waals surface area contributed by atoms with Crippen molar-refractivity contribution in [3.63, 3.8) is 0 Å². The smallest absolute Gasteiger partial charge is 0.229 e.